The van der Waals surface area contributed by atoms with E-state index in [0.717, 1.165) is 11.8 Å². The number of hydrogen-bond acceptors (Lipinski definition) is 2. The summed E-state index contributed by atoms with van der Waals surface area (Å²) in [5, 5.41) is 4.37. The highest BCUT2D eigenvalue weighted by Gasteiger charge is 2.19. The number of thioether (sulfide) groups is 1. The Balaban J connectivity index is 2.04. The average molecular weight is 235 g/mol. The average Bonchev–Trinajstić information content (AvgIpc) is 2.30. The van der Waals surface area contributed by atoms with Crippen LogP contribution in [-0.2, 0) is 0 Å². The Morgan fingerprint density at radius 2 is 1.94 bits per heavy atom. The van der Waals surface area contributed by atoms with Crippen molar-refractivity contribution >= 4 is 11.8 Å². The lowest BCUT2D eigenvalue weighted by molar-refractivity contribution is 0.563. The lowest BCUT2D eigenvalue weighted by Crippen LogP contribution is -2.34. The molecule has 0 aromatic heterocycles. The zero-order valence-corrected chi connectivity index (χ0v) is 11.2. The fourth-order valence-electron chi connectivity index (χ4n) is 2.01. The maximum Gasteiger partial charge on any atom is 0.0412 e. The molecule has 2 unspecified atom stereocenters. The van der Waals surface area contributed by atoms with Crippen LogP contribution in [-0.4, -0.2) is 17.5 Å². The molecule has 1 aromatic carbocycles. The minimum atomic E-state index is 0.544. The van der Waals surface area contributed by atoms with E-state index in [2.05, 4.69) is 62.1 Å². The molecule has 16 heavy (non-hydrogen) atoms. The predicted octanol–water partition coefficient (Wildman–Crippen LogP) is 3.58. The van der Waals surface area contributed by atoms with Gasteiger partial charge in [-0.2, -0.15) is 11.8 Å². The van der Waals surface area contributed by atoms with Crippen LogP contribution in [0.2, 0.25) is 0 Å². The Labute approximate surface area is 103 Å². The van der Waals surface area contributed by atoms with Crippen LogP contribution in [0.1, 0.15) is 43.9 Å². The number of hydrogen-bond donors (Lipinski definition) is 1. The molecule has 88 valence electrons. The maximum atomic E-state index is 3.61. The van der Waals surface area contributed by atoms with Crippen molar-refractivity contribution in [1.82, 2.24) is 5.32 Å². The fourth-order valence-corrected chi connectivity index (χ4v) is 3.06. The predicted molar refractivity (Wildman–Crippen MR) is 73.2 cm³/mol. The van der Waals surface area contributed by atoms with E-state index in [4.69, 9.17) is 0 Å². The summed E-state index contributed by atoms with van der Waals surface area (Å²) in [5.41, 5.74) is 2.87. The molecule has 1 fully saturated rings. The summed E-state index contributed by atoms with van der Waals surface area (Å²) in [5.74, 6) is 1.82. The number of nitrogens with one attached hydrogen (secondary N) is 1. The van der Waals surface area contributed by atoms with E-state index in [0.29, 0.717) is 12.0 Å². The van der Waals surface area contributed by atoms with Crippen molar-refractivity contribution < 1.29 is 0 Å². The summed E-state index contributed by atoms with van der Waals surface area (Å²) in [7, 11) is 0. The Hall–Kier alpha value is -0.470. The van der Waals surface area contributed by atoms with E-state index in [9.17, 15) is 0 Å². The standard InChI is InChI=1S/C14H21NS/c1-10(2)12-4-6-13(7-5-12)14-9-16-11(3)8-15-14/h4-7,10-11,14-15H,8-9H2,1-3H3. The maximum absolute atomic E-state index is 3.61. The topological polar surface area (TPSA) is 12.0 Å². The normalized spacial score (nSPS) is 26.0. The Morgan fingerprint density at radius 1 is 1.25 bits per heavy atom. The van der Waals surface area contributed by atoms with Crippen LogP contribution in [0.25, 0.3) is 0 Å². The molecule has 2 rings (SSSR count). The molecule has 1 aliphatic rings. The van der Waals surface area contributed by atoms with Crippen LogP contribution in [0.4, 0.5) is 0 Å². The highest BCUT2D eigenvalue weighted by Crippen LogP contribution is 2.26. The van der Waals surface area contributed by atoms with E-state index in [1.807, 2.05) is 0 Å². The van der Waals surface area contributed by atoms with E-state index in [-0.39, 0.29) is 0 Å². The van der Waals surface area contributed by atoms with E-state index in [1.54, 1.807) is 0 Å². The van der Waals surface area contributed by atoms with Gasteiger partial charge in [0.05, 0.1) is 0 Å². The van der Waals surface area contributed by atoms with Crippen molar-refractivity contribution in [3.8, 4) is 0 Å². The van der Waals surface area contributed by atoms with Crippen LogP contribution in [0.15, 0.2) is 24.3 Å². The third kappa shape index (κ3) is 2.80. The summed E-state index contributed by atoms with van der Waals surface area (Å²) in [6.45, 7) is 7.90. The Kier molecular flexibility index (Phi) is 3.93. The van der Waals surface area contributed by atoms with Crippen LogP contribution in [0, 0.1) is 0 Å². The van der Waals surface area contributed by atoms with Gasteiger partial charge < -0.3 is 5.32 Å². The first-order valence-electron chi connectivity index (χ1n) is 6.11. The van der Waals surface area contributed by atoms with Gasteiger partial charge in [-0.25, -0.2) is 0 Å². The summed E-state index contributed by atoms with van der Waals surface area (Å²) in [6.07, 6.45) is 0. The van der Waals surface area contributed by atoms with Crippen molar-refractivity contribution in [1.29, 1.82) is 0 Å². The van der Waals surface area contributed by atoms with Crippen LogP contribution >= 0.6 is 11.8 Å². The Bertz CT molecular complexity index is 323. The van der Waals surface area contributed by atoms with Gasteiger partial charge in [0, 0.05) is 23.6 Å². The fraction of sp³-hybridized carbons (Fsp3) is 0.571. The minimum Gasteiger partial charge on any atom is -0.308 e. The molecule has 0 bridgehead atoms. The number of benzene rings is 1. The van der Waals surface area contributed by atoms with E-state index < -0.39 is 0 Å². The third-order valence-electron chi connectivity index (χ3n) is 3.20. The first-order valence-corrected chi connectivity index (χ1v) is 7.16. The quantitative estimate of drug-likeness (QED) is 0.841. The molecular weight excluding hydrogens is 214 g/mol. The summed E-state index contributed by atoms with van der Waals surface area (Å²) in [6, 6.07) is 9.64. The largest absolute Gasteiger partial charge is 0.308 e. The lowest BCUT2D eigenvalue weighted by Gasteiger charge is -2.28. The molecule has 0 radical (unpaired) electrons. The molecular formula is C14H21NS. The van der Waals surface area contributed by atoms with Crippen molar-refractivity contribution in [2.24, 2.45) is 0 Å². The molecule has 0 aliphatic carbocycles. The highest BCUT2D eigenvalue weighted by atomic mass is 32.2. The van der Waals surface area contributed by atoms with Gasteiger partial charge in [-0.1, -0.05) is 45.0 Å². The van der Waals surface area contributed by atoms with Gasteiger partial charge in [0.15, 0.2) is 0 Å². The molecule has 0 amide bonds. The van der Waals surface area contributed by atoms with Crippen molar-refractivity contribution in [2.45, 2.75) is 38.0 Å². The van der Waals surface area contributed by atoms with Crippen LogP contribution in [0.5, 0.6) is 0 Å². The number of rotatable bonds is 2. The smallest absolute Gasteiger partial charge is 0.0412 e. The van der Waals surface area contributed by atoms with Gasteiger partial charge in [0.25, 0.3) is 0 Å². The lowest BCUT2D eigenvalue weighted by atomic mass is 9.99. The van der Waals surface area contributed by atoms with Crippen molar-refractivity contribution in [3.05, 3.63) is 35.4 Å². The van der Waals surface area contributed by atoms with Gasteiger partial charge in [-0.15, -0.1) is 0 Å². The second-order valence-corrected chi connectivity index (χ2v) is 6.40. The molecule has 2 heteroatoms. The van der Waals surface area contributed by atoms with Crippen molar-refractivity contribution in [3.63, 3.8) is 0 Å². The molecule has 1 N–H and O–H groups in total. The monoisotopic (exact) mass is 235 g/mol. The van der Waals surface area contributed by atoms with Gasteiger partial charge in [-0.3, -0.25) is 0 Å². The van der Waals surface area contributed by atoms with Gasteiger partial charge in [-0.05, 0) is 17.0 Å². The molecule has 2 atom stereocenters. The molecule has 1 heterocycles. The van der Waals surface area contributed by atoms with Crippen molar-refractivity contribution in [2.75, 3.05) is 12.3 Å². The summed E-state index contributed by atoms with van der Waals surface area (Å²) >= 11 is 2.07. The Morgan fingerprint density at radius 3 is 2.44 bits per heavy atom. The molecule has 1 aliphatic heterocycles. The zero-order chi connectivity index (χ0) is 11.5. The minimum absolute atomic E-state index is 0.544. The van der Waals surface area contributed by atoms with Gasteiger partial charge in [0.1, 0.15) is 0 Å². The highest BCUT2D eigenvalue weighted by molar-refractivity contribution is 8.00. The SMILES string of the molecule is CC1CNC(c2ccc(C(C)C)cc2)CS1. The first kappa shape index (κ1) is 12.0. The van der Waals surface area contributed by atoms with Crippen LogP contribution < -0.4 is 5.32 Å². The third-order valence-corrected chi connectivity index (χ3v) is 4.47. The van der Waals surface area contributed by atoms with Crippen LogP contribution in [0.3, 0.4) is 0 Å². The molecule has 0 saturated carbocycles. The van der Waals surface area contributed by atoms with E-state index >= 15 is 0 Å². The van der Waals surface area contributed by atoms with E-state index in [1.165, 1.54) is 16.9 Å². The second-order valence-electron chi connectivity index (χ2n) is 4.93. The van der Waals surface area contributed by atoms with Gasteiger partial charge in [0.2, 0.25) is 0 Å². The first-order chi connectivity index (χ1) is 7.66. The zero-order valence-electron chi connectivity index (χ0n) is 10.4. The second kappa shape index (κ2) is 5.24. The molecule has 1 saturated heterocycles. The van der Waals surface area contributed by atoms with Gasteiger partial charge >= 0.3 is 0 Å². The summed E-state index contributed by atoms with van der Waals surface area (Å²) in [4.78, 5) is 0. The molecule has 1 nitrogen and oxygen atoms in total. The molecule has 0 spiro atoms. The summed E-state index contributed by atoms with van der Waals surface area (Å²) < 4.78 is 0. The molecule has 1 aromatic rings.